The van der Waals surface area contributed by atoms with Crippen molar-refractivity contribution in [2.24, 2.45) is 0 Å². The van der Waals surface area contributed by atoms with Crippen molar-refractivity contribution in [3.8, 4) is 11.5 Å². The molecule has 0 bridgehead atoms. The van der Waals surface area contributed by atoms with Gasteiger partial charge in [0.05, 0.1) is 12.0 Å². The summed E-state index contributed by atoms with van der Waals surface area (Å²) in [5.74, 6) is -0.0435. The van der Waals surface area contributed by atoms with Crippen molar-refractivity contribution in [3.05, 3.63) is 71.6 Å². The molecule has 0 unspecified atom stereocenters. The zero-order valence-electron chi connectivity index (χ0n) is 15.7. The summed E-state index contributed by atoms with van der Waals surface area (Å²) in [4.78, 5) is 5.55. The molecule has 3 heterocycles. The standard InChI is InChI=1S/C19H17F2N7O/c1-19(2,14-7-9-22-10-8-14)18-25-27-28(26-18)11-12-3-5-13(6-4-12)16-23-24-17(29-16)15(20)21/h3-10,15H,11H2,1-2H3. The second-order valence-electron chi connectivity index (χ2n) is 6.95. The maximum Gasteiger partial charge on any atom is 0.314 e. The van der Waals surface area contributed by atoms with Crippen LogP contribution in [0.2, 0.25) is 0 Å². The molecule has 0 saturated heterocycles. The summed E-state index contributed by atoms with van der Waals surface area (Å²) in [7, 11) is 0. The highest BCUT2D eigenvalue weighted by Crippen LogP contribution is 2.28. The minimum atomic E-state index is -2.79. The predicted molar refractivity (Wildman–Crippen MR) is 98.0 cm³/mol. The lowest BCUT2D eigenvalue weighted by Gasteiger charge is -2.20. The predicted octanol–water partition coefficient (Wildman–Crippen LogP) is 3.43. The van der Waals surface area contributed by atoms with Gasteiger partial charge in [0.2, 0.25) is 5.89 Å². The highest BCUT2D eigenvalue weighted by atomic mass is 19.3. The topological polar surface area (TPSA) is 95.4 Å². The highest BCUT2D eigenvalue weighted by Gasteiger charge is 2.28. The van der Waals surface area contributed by atoms with E-state index in [4.69, 9.17) is 4.42 Å². The fourth-order valence-electron chi connectivity index (χ4n) is 2.81. The molecule has 4 rings (SSSR count). The minimum absolute atomic E-state index is 0.0483. The van der Waals surface area contributed by atoms with Gasteiger partial charge in [-0.3, -0.25) is 4.98 Å². The van der Waals surface area contributed by atoms with Crippen molar-refractivity contribution in [3.63, 3.8) is 0 Å². The molecule has 0 aliphatic carbocycles. The van der Waals surface area contributed by atoms with Gasteiger partial charge in [-0.2, -0.15) is 13.6 Å². The normalized spacial score (nSPS) is 11.9. The number of halogens is 2. The number of pyridine rings is 1. The summed E-state index contributed by atoms with van der Waals surface area (Å²) in [6.45, 7) is 4.46. The molecule has 29 heavy (non-hydrogen) atoms. The van der Waals surface area contributed by atoms with Crippen LogP contribution >= 0.6 is 0 Å². The average molecular weight is 397 g/mol. The van der Waals surface area contributed by atoms with Crippen LogP contribution in [-0.2, 0) is 12.0 Å². The molecule has 0 aliphatic heterocycles. The van der Waals surface area contributed by atoms with Crippen molar-refractivity contribution >= 4 is 0 Å². The number of hydrogen-bond donors (Lipinski definition) is 0. The first-order valence-corrected chi connectivity index (χ1v) is 8.83. The Hall–Kier alpha value is -3.56. The van der Waals surface area contributed by atoms with Gasteiger partial charge in [-0.15, -0.1) is 20.4 Å². The van der Waals surface area contributed by atoms with E-state index in [1.54, 1.807) is 24.5 Å². The first-order valence-electron chi connectivity index (χ1n) is 8.83. The van der Waals surface area contributed by atoms with E-state index in [2.05, 4.69) is 30.6 Å². The van der Waals surface area contributed by atoms with Crippen LogP contribution in [0, 0.1) is 0 Å². The number of nitrogens with zero attached hydrogens (tertiary/aromatic N) is 7. The van der Waals surface area contributed by atoms with Crippen LogP contribution < -0.4 is 0 Å². The van der Waals surface area contributed by atoms with Gasteiger partial charge in [-0.05, 0) is 54.5 Å². The SMILES string of the molecule is CC(C)(c1ccncc1)c1nnn(Cc2ccc(-c3nnc(C(F)F)o3)cc2)n1. The number of alkyl halides is 2. The number of benzene rings is 1. The van der Waals surface area contributed by atoms with Crippen LogP contribution in [0.1, 0.15) is 43.1 Å². The Morgan fingerprint density at radius 2 is 1.72 bits per heavy atom. The van der Waals surface area contributed by atoms with Crippen LogP contribution in [0.15, 0.2) is 53.2 Å². The van der Waals surface area contributed by atoms with Crippen LogP contribution in [0.4, 0.5) is 8.78 Å². The summed E-state index contributed by atoms with van der Waals surface area (Å²) in [5.41, 5.74) is 2.09. The van der Waals surface area contributed by atoms with Gasteiger partial charge in [0.25, 0.3) is 5.89 Å². The van der Waals surface area contributed by atoms with E-state index in [0.717, 1.165) is 11.1 Å². The Balaban J connectivity index is 1.49. The van der Waals surface area contributed by atoms with Crippen molar-refractivity contribution in [2.45, 2.75) is 32.2 Å². The summed E-state index contributed by atoms with van der Waals surface area (Å²) in [6, 6.07) is 10.9. The molecule has 0 N–H and O–H groups in total. The Morgan fingerprint density at radius 1 is 1.00 bits per heavy atom. The lowest BCUT2D eigenvalue weighted by molar-refractivity contribution is 0.116. The smallest absolute Gasteiger partial charge is 0.314 e. The molecule has 0 atom stereocenters. The van der Waals surface area contributed by atoms with Gasteiger partial charge >= 0.3 is 6.43 Å². The van der Waals surface area contributed by atoms with E-state index in [1.165, 1.54) is 4.80 Å². The van der Waals surface area contributed by atoms with E-state index < -0.39 is 17.7 Å². The molecular formula is C19H17F2N7O. The average Bonchev–Trinajstić information content (AvgIpc) is 3.40. The Labute approximate surface area is 164 Å². The fraction of sp³-hybridized carbons (Fsp3) is 0.263. The number of hydrogen-bond acceptors (Lipinski definition) is 7. The number of tetrazole rings is 1. The summed E-state index contributed by atoms with van der Waals surface area (Å²) in [5, 5.41) is 19.8. The van der Waals surface area contributed by atoms with Crippen LogP contribution in [-0.4, -0.2) is 35.4 Å². The van der Waals surface area contributed by atoms with Crippen LogP contribution in [0.3, 0.4) is 0 Å². The largest absolute Gasteiger partial charge is 0.415 e. The second kappa shape index (κ2) is 7.46. The first-order chi connectivity index (χ1) is 13.9. The third-order valence-electron chi connectivity index (χ3n) is 4.57. The molecule has 4 aromatic rings. The Kier molecular flexibility index (Phi) is 4.83. The fourth-order valence-corrected chi connectivity index (χ4v) is 2.81. The van der Waals surface area contributed by atoms with Gasteiger partial charge in [0, 0.05) is 18.0 Å². The van der Waals surface area contributed by atoms with Gasteiger partial charge < -0.3 is 4.42 Å². The van der Waals surface area contributed by atoms with E-state index in [1.807, 2.05) is 38.1 Å². The maximum absolute atomic E-state index is 12.6. The molecule has 148 valence electrons. The molecule has 10 heteroatoms. The van der Waals surface area contributed by atoms with E-state index in [-0.39, 0.29) is 5.89 Å². The highest BCUT2D eigenvalue weighted by molar-refractivity contribution is 5.53. The molecule has 0 amide bonds. The third-order valence-corrected chi connectivity index (χ3v) is 4.57. The lowest BCUT2D eigenvalue weighted by Crippen LogP contribution is -2.21. The van der Waals surface area contributed by atoms with E-state index >= 15 is 0 Å². The molecule has 3 aromatic heterocycles. The Morgan fingerprint density at radius 3 is 2.38 bits per heavy atom. The molecule has 0 fully saturated rings. The zero-order valence-corrected chi connectivity index (χ0v) is 15.7. The first kappa shape index (κ1) is 18.8. The van der Waals surface area contributed by atoms with Crippen molar-refractivity contribution < 1.29 is 13.2 Å². The van der Waals surface area contributed by atoms with Crippen LogP contribution in [0.5, 0.6) is 0 Å². The van der Waals surface area contributed by atoms with Crippen molar-refractivity contribution in [1.29, 1.82) is 0 Å². The van der Waals surface area contributed by atoms with Gasteiger partial charge in [0.15, 0.2) is 5.82 Å². The number of aromatic nitrogens is 7. The van der Waals surface area contributed by atoms with Crippen molar-refractivity contribution in [1.82, 2.24) is 35.4 Å². The molecular weight excluding hydrogens is 380 g/mol. The van der Waals surface area contributed by atoms with Gasteiger partial charge in [-0.1, -0.05) is 12.1 Å². The molecule has 0 aliphatic rings. The summed E-state index contributed by atoms with van der Waals surface area (Å²) < 4.78 is 30.1. The van der Waals surface area contributed by atoms with E-state index in [0.29, 0.717) is 17.9 Å². The molecule has 0 radical (unpaired) electrons. The Bertz CT molecular complexity index is 1090. The lowest BCUT2D eigenvalue weighted by atomic mass is 9.85. The number of rotatable bonds is 6. The molecule has 8 nitrogen and oxygen atoms in total. The monoisotopic (exact) mass is 397 g/mol. The van der Waals surface area contributed by atoms with Gasteiger partial charge in [-0.25, -0.2) is 0 Å². The maximum atomic E-state index is 12.6. The summed E-state index contributed by atoms with van der Waals surface area (Å²) in [6.07, 6.45) is 0.674. The van der Waals surface area contributed by atoms with Gasteiger partial charge in [0.1, 0.15) is 0 Å². The molecule has 0 spiro atoms. The van der Waals surface area contributed by atoms with Crippen molar-refractivity contribution in [2.75, 3.05) is 0 Å². The second-order valence-corrected chi connectivity index (χ2v) is 6.95. The van der Waals surface area contributed by atoms with E-state index in [9.17, 15) is 8.78 Å². The molecule has 0 saturated carbocycles. The summed E-state index contributed by atoms with van der Waals surface area (Å²) >= 11 is 0. The quantitative estimate of drug-likeness (QED) is 0.492. The van der Waals surface area contributed by atoms with Crippen LogP contribution in [0.25, 0.3) is 11.5 Å². The zero-order chi connectivity index (χ0) is 20.4. The third kappa shape index (κ3) is 3.86. The minimum Gasteiger partial charge on any atom is -0.415 e. The molecule has 1 aromatic carbocycles.